The first-order valence-electron chi connectivity index (χ1n) is 4.86. The van der Waals surface area contributed by atoms with E-state index in [-0.39, 0.29) is 6.04 Å². The fraction of sp³-hybridized carbons (Fsp3) is 0.455. The van der Waals surface area contributed by atoms with E-state index in [9.17, 15) is 0 Å². The van der Waals surface area contributed by atoms with Crippen molar-refractivity contribution in [1.82, 2.24) is 5.32 Å². The minimum Gasteiger partial charge on any atom is -0.383 e. The molecule has 84 valence electrons. The first-order chi connectivity index (χ1) is 7.19. The van der Waals surface area contributed by atoms with Crippen molar-refractivity contribution < 1.29 is 4.74 Å². The number of hydrogen-bond donors (Lipinski definition) is 1. The van der Waals surface area contributed by atoms with Gasteiger partial charge in [0.25, 0.3) is 0 Å². The van der Waals surface area contributed by atoms with Gasteiger partial charge in [0.15, 0.2) is 0 Å². The summed E-state index contributed by atoms with van der Waals surface area (Å²) in [5, 5.41) is 4.47. The molecule has 1 atom stereocenters. The number of ether oxygens (including phenoxy) is 1. The molecule has 2 nitrogen and oxygen atoms in total. The van der Waals surface area contributed by atoms with Gasteiger partial charge >= 0.3 is 0 Å². The number of rotatable bonds is 5. The third kappa shape index (κ3) is 3.65. The third-order valence-electron chi connectivity index (χ3n) is 2.13. The Balaban J connectivity index is 2.85. The zero-order valence-electron chi connectivity index (χ0n) is 8.89. The number of methoxy groups -OCH3 is 1. The maximum Gasteiger partial charge on any atom is 0.0657 e. The standard InChI is InChI=1S/C11H15Cl2NO/c1-3-14-11(7-15-2)8-4-5-9(12)10(13)6-8/h4-6,11,14H,3,7H2,1-2H3. The van der Waals surface area contributed by atoms with Crippen molar-refractivity contribution in [2.24, 2.45) is 0 Å². The SMILES string of the molecule is CCNC(COC)c1ccc(Cl)c(Cl)c1. The fourth-order valence-electron chi connectivity index (χ4n) is 1.42. The lowest BCUT2D eigenvalue weighted by molar-refractivity contribution is 0.168. The van der Waals surface area contributed by atoms with E-state index in [1.165, 1.54) is 0 Å². The number of likely N-dealkylation sites (N-methyl/N-ethyl adjacent to an activating group) is 1. The first-order valence-corrected chi connectivity index (χ1v) is 5.62. The molecular weight excluding hydrogens is 233 g/mol. The number of nitrogens with one attached hydrogen (secondary N) is 1. The topological polar surface area (TPSA) is 21.3 Å². The molecule has 15 heavy (non-hydrogen) atoms. The summed E-state index contributed by atoms with van der Waals surface area (Å²) < 4.78 is 5.14. The van der Waals surface area contributed by atoms with Crippen molar-refractivity contribution in [3.8, 4) is 0 Å². The molecule has 4 heteroatoms. The van der Waals surface area contributed by atoms with E-state index in [4.69, 9.17) is 27.9 Å². The van der Waals surface area contributed by atoms with Gasteiger partial charge in [-0.2, -0.15) is 0 Å². The van der Waals surface area contributed by atoms with Gasteiger partial charge < -0.3 is 10.1 Å². The van der Waals surface area contributed by atoms with Gasteiger partial charge in [0.05, 0.1) is 22.7 Å². The molecule has 0 saturated carbocycles. The van der Waals surface area contributed by atoms with Crippen molar-refractivity contribution >= 4 is 23.2 Å². The van der Waals surface area contributed by atoms with Gasteiger partial charge in [-0.05, 0) is 24.2 Å². The van der Waals surface area contributed by atoms with Crippen molar-refractivity contribution in [1.29, 1.82) is 0 Å². The summed E-state index contributed by atoms with van der Waals surface area (Å²) in [7, 11) is 1.68. The molecule has 1 N–H and O–H groups in total. The van der Waals surface area contributed by atoms with Crippen molar-refractivity contribution in [3.05, 3.63) is 33.8 Å². The van der Waals surface area contributed by atoms with Crippen LogP contribution in [-0.2, 0) is 4.74 Å². The van der Waals surface area contributed by atoms with Gasteiger partial charge in [0.1, 0.15) is 0 Å². The van der Waals surface area contributed by atoms with Crippen LogP contribution in [0.25, 0.3) is 0 Å². The van der Waals surface area contributed by atoms with E-state index in [2.05, 4.69) is 12.2 Å². The van der Waals surface area contributed by atoms with Gasteiger partial charge in [-0.15, -0.1) is 0 Å². The molecule has 0 aliphatic heterocycles. The summed E-state index contributed by atoms with van der Waals surface area (Å²) in [6.45, 7) is 3.56. The van der Waals surface area contributed by atoms with E-state index < -0.39 is 0 Å². The lowest BCUT2D eigenvalue weighted by atomic mass is 10.1. The highest BCUT2D eigenvalue weighted by Crippen LogP contribution is 2.25. The van der Waals surface area contributed by atoms with E-state index in [0.717, 1.165) is 12.1 Å². The summed E-state index contributed by atoms with van der Waals surface area (Å²) >= 11 is 11.8. The van der Waals surface area contributed by atoms with Crippen LogP contribution in [0.5, 0.6) is 0 Å². The summed E-state index contributed by atoms with van der Waals surface area (Å²) in [6.07, 6.45) is 0. The number of halogens is 2. The molecule has 0 aromatic heterocycles. The highest BCUT2D eigenvalue weighted by molar-refractivity contribution is 6.42. The second kappa shape index (κ2) is 6.33. The van der Waals surface area contributed by atoms with Crippen LogP contribution in [0.3, 0.4) is 0 Å². The molecule has 0 radical (unpaired) electrons. The van der Waals surface area contributed by atoms with Crippen LogP contribution in [0.1, 0.15) is 18.5 Å². The molecule has 0 spiro atoms. The minimum absolute atomic E-state index is 0.162. The summed E-state index contributed by atoms with van der Waals surface area (Å²) in [5.74, 6) is 0. The van der Waals surface area contributed by atoms with Crippen LogP contribution in [-0.4, -0.2) is 20.3 Å². The maximum absolute atomic E-state index is 5.96. The Hall–Kier alpha value is -0.280. The Morgan fingerprint density at radius 2 is 2.07 bits per heavy atom. The third-order valence-corrected chi connectivity index (χ3v) is 2.87. The molecule has 1 aromatic carbocycles. The molecule has 0 aliphatic rings. The monoisotopic (exact) mass is 247 g/mol. The molecule has 0 amide bonds. The van der Waals surface area contributed by atoms with Gasteiger partial charge in [0.2, 0.25) is 0 Å². The van der Waals surface area contributed by atoms with Gasteiger partial charge in [-0.25, -0.2) is 0 Å². The van der Waals surface area contributed by atoms with Crippen LogP contribution in [0.4, 0.5) is 0 Å². The Morgan fingerprint density at radius 3 is 2.60 bits per heavy atom. The number of benzene rings is 1. The Labute approximate surface area is 101 Å². The van der Waals surface area contributed by atoms with Crippen LogP contribution in [0.15, 0.2) is 18.2 Å². The molecule has 0 aliphatic carbocycles. The van der Waals surface area contributed by atoms with E-state index in [1.54, 1.807) is 13.2 Å². The minimum atomic E-state index is 0.162. The Kier molecular flexibility index (Phi) is 5.40. The first kappa shape index (κ1) is 12.8. The van der Waals surface area contributed by atoms with Crippen molar-refractivity contribution in [3.63, 3.8) is 0 Å². The lowest BCUT2D eigenvalue weighted by Crippen LogP contribution is -2.24. The zero-order chi connectivity index (χ0) is 11.3. The van der Waals surface area contributed by atoms with Crippen LogP contribution >= 0.6 is 23.2 Å². The normalized spacial score (nSPS) is 12.8. The predicted octanol–water partition coefficient (Wildman–Crippen LogP) is 3.29. The average Bonchev–Trinajstić information content (AvgIpc) is 2.22. The molecule has 1 unspecified atom stereocenters. The van der Waals surface area contributed by atoms with Crippen molar-refractivity contribution in [2.75, 3.05) is 20.3 Å². The predicted molar refractivity (Wildman–Crippen MR) is 64.8 cm³/mol. The number of hydrogen-bond acceptors (Lipinski definition) is 2. The molecule has 0 fully saturated rings. The van der Waals surface area contributed by atoms with E-state index in [1.807, 2.05) is 12.1 Å². The summed E-state index contributed by atoms with van der Waals surface area (Å²) in [4.78, 5) is 0. The highest BCUT2D eigenvalue weighted by Gasteiger charge is 2.11. The second-order valence-electron chi connectivity index (χ2n) is 3.24. The lowest BCUT2D eigenvalue weighted by Gasteiger charge is -2.17. The smallest absolute Gasteiger partial charge is 0.0657 e. The summed E-state index contributed by atoms with van der Waals surface area (Å²) in [5.41, 5.74) is 1.09. The molecule has 1 aromatic rings. The van der Waals surface area contributed by atoms with Gasteiger partial charge in [0, 0.05) is 7.11 Å². The van der Waals surface area contributed by atoms with Gasteiger partial charge in [-0.3, -0.25) is 0 Å². The van der Waals surface area contributed by atoms with Crippen LogP contribution in [0, 0.1) is 0 Å². The quantitative estimate of drug-likeness (QED) is 0.863. The molecule has 0 heterocycles. The molecule has 0 bridgehead atoms. The largest absolute Gasteiger partial charge is 0.383 e. The van der Waals surface area contributed by atoms with Crippen LogP contribution < -0.4 is 5.32 Å². The zero-order valence-corrected chi connectivity index (χ0v) is 10.4. The second-order valence-corrected chi connectivity index (χ2v) is 4.05. The van der Waals surface area contributed by atoms with Gasteiger partial charge in [-0.1, -0.05) is 36.2 Å². The highest BCUT2D eigenvalue weighted by atomic mass is 35.5. The summed E-state index contributed by atoms with van der Waals surface area (Å²) in [6, 6.07) is 5.80. The molecule has 1 rings (SSSR count). The van der Waals surface area contributed by atoms with E-state index in [0.29, 0.717) is 16.7 Å². The molecular formula is C11H15Cl2NO. The Bertz CT molecular complexity index is 311. The fourth-order valence-corrected chi connectivity index (χ4v) is 1.72. The van der Waals surface area contributed by atoms with Crippen LogP contribution in [0.2, 0.25) is 10.0 Å². The Morgan fingerprint density at radius 1 is 1.33 bits per heavy atom. The maximum atomic E-state index is 5.96. The van der Waals surface area contributed by atoms with Crippen molar-refractivity contribution in [2.45, 2.75) is 13.0 Å². The molecule has 0 saturated heterocycles. The average molecular weight is 248 g/mol. The van der Waals surface area contributed by atoms with E-state index >= 15 is 0 Å².